The molecule has 242 valence electrons. The first kappa shape index (κ1) is 32.7. The van der Waals surface area contributed by atoms with Crippen LogP contribution in [0, 0.1) is 16.7 Å². The number of esters is 1. The number of aromatic nitrogens is 2. The second-order valence-electron chi connectivity index (χ2n) is 13.1. The number of hydrogen-bond donors (Lipinski definition) is 0. The number of nitrogens with zero attached hydrogens (tertiary/aromatic N) is 7. The maximum atomic E-state index is 12.8. The first-order valence-electron chi connectivity index (χ1n) is 15.7. The van der Waals surface area contributed by atoms with Crippen molar-refractivity contribution in [3.63, 3.8) is 0 Å². The Morgan fingerprint density at radius 3 is 2.63 bits per heavy atom. The zero-order valence-corrected chi connectivity index (χ0v) is 27.5. The van der Waals surface area contributed by atoms with Crippen molar-refractivity contribution in [1.29, 1.82) is 5.26 Å². The van der Waals surface area contributed by atoms with E-state index in [0.717, 1.165) is 33.5 Å². The molecule has 3 aromatic rings. The number of likely N-dealkylation sites (N-methyl/N-ethyl adjacent to an activating group) is 1. The normalized spacial score (nSPS) is 16.6. The predicted octanol–water partition coefficient (Wildman–Crippen LogP) is 4.20. The zero-order chi connectivity index (χ0) is 33.0. The van der Waals surface area contributed by atoms with Gasteiger partial charge in [-0.1, -0.05) is 30.8 Å². The number of piperazine rings is 1. The second-order valence-corrected chi connectivity index (χ2v) is 13.1. The van der Waals surface area contributed by atoms with Gasteiger partial charge in [0.15, 0.2) is 0 Å². The number of nitriles is 1. The Bertz CT molecular complexity index is 1660. The summed E-state index contributed by atoms with van der Waals surface area (Å²) >= 11 is 0. The lowest BCUT2D eigenvalue weighted by Gasteiger charge is -2.42. The number of fused-ring (bicyclic) bond motifs is 2. The smallest absolute Gasteiger partial charge is 0.318 e. The molecule has 0 spiro atoms. The SMILES string of the molecule is C=CC(=O)N1CCN(c2nc(OCCN(C)C)nc3c2CCN(c2cc(OC(=O)C(C)(C)C)cc4ccccc24)C3)C[C@@H]1CC#N. The van der Waals surface area contributed by atoms with Crippen LogP contribution in [0.5, 0.6) is 11.8 Å². The van der Waals surface area contributed by atoms with E-state index in [4.69, 9.17) is 19.4 Å². The summed E-state index contributed by atoms with van der Waals surface area (Å²) in [7, 11) is 3.97. The van der Waals surface area contributed by atoms with E-state index in [1.807, 2.05) is 70.1 Å². The number of hydrogen-bond acceptors (Lipinski definition) is 10. The summed E-state index contributed by atoms with van der Waals surface area (Å²) in [5.74, 6) is 0.830. The van der Waals surface area contributed by atoms with Crippen LogP contribution in [0.1, 0.15) is 38.4 Å². The van der Waals surface area contributed by atoms with Gasteiger partial charge in [0.2, 0.25) is 5.91 Å². The second kappa shape index (κ2) is 13.7. The average molecular weight is 626 g/mol. The fraction of sp³-hybridized carbons (Fsp3) is 0.457. The molecule has 1 fully saturated rings. The van der Waals surface area contributed by atoms with Gasteiger partial charge in [0.1, 0.15) is 18.2 Å². The van der Waals surface area contributed by atoms with Gasteiger partial charge in [0.25, 0.3) is 0 Å². The quantitative estimate of drug-likeness (QED) is 0.195. The molecule has 0 aliphatic carbocycles. The molecule has 1 atom stereocenters. The molecule has 0 radical (unpaired) electrons. The van der Waals surface area contributed by atoms with Gasteiger partial charge in [-0.2, -0.15) is 15.2 Å². The third-order valence-corrected chi connectivity index (χ3v) is 8.34. The summed E-state index contributed by atoms with van der Waals surface area (Å²) in [6.07, 6.45) is 2.20. The number of benzene rings is 2. The van der Waals surface area contributed by atoms with Crippen LogP contribution in [0.4, 0.5) is 11.5 Å². The molecule has 1 saturated heterocycles. The summed E-state index contributed by atoms with van der Waals surface area (Å²) in [6.45, 7) is 13.0. The van der Waals surface area contributed by atoms with Crippen LogP contribution in [0.25, 0.3) is 10.8 Å². The fourth-order valence-electron chi connectivity index (χ4n) is 5.82. The Hall–Kier alpha value is -4.69. The fourth-order valence-corrected chi connectivity index (χ4v) is 5.82. The molecule has 0 unspecified atom stereocenters. The van der Waals surface area contributed by atoms with Crippen molar-refractivity contribution in [1.82, 2.24) is 19.8 Å². The topological polar surface area (TPSA) is 115 Å². The van der Waals surface area contributed by atoms with Crippen molar-refractivity contribution < 1.29 is 19.1 Å². The van der Waals surface area contributed by atoms with Crippen LogP contribution in [0.15, 0.2) is 49.1 Å². The molecule has 46 heavy (non-hydrogen) atoms. The highest BCUT2D eigenvalue weighted by molar-refractivity contribution is 5.96. The molecule has 2 aliphatic rings. The summed E-state index contributed by atoms with van der Waals surface area (Å²) in [4.78, 5) is 43.3. The van der Waals surface area contributed by atoms with E-state index in [-0.39, 0.29) is 24.3 Å². The Labute approximate surface area is 271 Å². The maximum absolute atomic E-state index is 12.8. The molecule has 5 rings (SSSR count). The number of amides is 1. The van der Waals surface area contributed by atoms with Crippen molar-refractivity contribution in [2.45, 2.75) is 46.2 Å². The number of carbonyl (C=O) groups excluding carboxylic acids is 2. The number of anilines is 2. The first-order valence-corrected chi connectivity index (χ1v) is 15.7. The highest BCUT2D eigenvalue weighted by Gasteiger charge is 2.33. The van der Waals surface area contributed by atoms with Gasteiger partial charge >= 0.3 is 12.0 Å². The molecule has 2 aliphatic heterocycles. The van der Waals surface area contributed by atoms with Crippen molar-refractivity contribution in [3.05, 3.63) is 60.3 Å². The molecule has 3 heterocycles. The predicted molar refractivity (Wildman–Crippen MR) is 178 cm³/mol. The molecular weight excluding hydrogens is 582 g/mol. The van der Waals surface area contributed by atoms with Gasteiger partial charge in [-0.05, 0) is 58.8 Å². The Morgan fingerprint density at radius 2 is 1.91 bits per heavy atom. The van der Waals surface area contributed by atoms with Gasteiger partial charge in [-0.25, -0.2) is 0 Å². The van der Waals surface area contributed by atoms with Gasteiger partial charge in [0.05, 0.1) is 36.2 Å². The first-order chi connectivity index (χ1) is 22.0. The number of ether oxygens (including phenoxy) is 2. The van der Waals surface area contributed by atoms with E-state index in [2.05, 4.69) is 28.5 Å². The van der Waals surface area contributed by atoms with Gasteiger partial charge in [-0.15, -0.1) is 0 Å². The molecule has 0 bridgehead atoms. The highest BCUT2D eigenvalue weighted by atomic mass is 16.5. The van der Waals surface area contributed by atoms with Crippen molar-refractivity contribution >= 4 is 34.2 Å². The average Bonchev–Trinajstić information content (AvgIpc) is 3.03. The summed E-state index contributed by atoms with van der Waals surface area (Å²) in [5.41, 5.74) is 2.22. The molecule has 11 heteroatoms. The van der Waals surface area contributed by atoms with E-state index in [0.29, 0.717) is 64.1 Å². The Morgan fingerprint density at radius 1 is 1.13 bits per heavy atom. The van der Waals surface area contributed by atoms with Crippen molar-refractivity contribution in [2.75, 3.05) is 63.2 Å². The number of rotatable bonds is 9. The lowest BCUT2D eigenvalue weighted by Crippen LogP contribution is -2.55. The van der Waals surface area contributed by atoms with Gasteiger partial charge in [0, 0.05) is 55.4 Å². The van der Waals surface area contributed by atoms with Gasteiger partial charge in [-0.3, -0.25) is 9.59 Å². The summed E-state index contributed by atoms with van der Waals surface area (Å²) in [5, 5.41) is 11.6. The number of carbonyl (C=O) groups is 2. The summed E-state index contributed by atoms with van der Waals surface area (Å²) < 4.78 is 11.9. The molecular formula is C35H43N7O4. The van der Waals surface area contributed by atoms with E-state index in [1.54, 1.807) is 4.90 Å². The van der Waals surface area contributed by atoms with Crippen LogP contribution in [0.3, 0.4) is 0 Å². The monoisotopic (exact) mass is 625 g/mol. The molecule has 1 aromatic heterocycles. The minimum atomic E-state index is -0.636. The molecule has 11 nitrogen and oxygen atoms in total. The largest absolute Gasteiger partial charge is 0.462 e. The van der Waals surface area contributed by atoms with Crippen LogP contribution in [-0.4, -0.2) is 91.1 Å². The van der Waals surface area contributed by atoms with Crippen LogP contribution < -0.4 is 19.3 Å². The lowest BCUT2D eigenvalue weighted by atomic mass is 9.97. The summed E-state index contributed by atoms with van der Waals surface area (Å²) in [6, 6.07) is 14.2. The third-order valence-electron chi connectivity index (χ3n) is 8.34. The third kappa shape index (κ3) is 7.23. The molecule has 0 saturated carbocycles. The van der Waals surface area contributed by atoms with E-state index >= 15 is 0 Å². The maximum Gasteiger partial charge on any atom is 0.318 e. The Balaban J connectivity index is 1.51. The zero-order valence-electron chi connectivity index (χ0n) is 27.5. The van der Waals surface area contributed by atoms with Gasteiger partial charge < -0.3 is 29.1 Å². The Kier molecular flexibility index (Phi) is 9.77. The van der Waals surface area contributed by atoms with Crippen molar-refractivity contribution in [3.8, 4) is 17.8 Å². The molecule has 1 amide bonds. The van der Waals surface area contributed by atoms with E-state index in [9.17, 15) is 14.9 Å². The minimum Gasteiger partial charge on any atom is -0.462 e. The van der Waals surface area contributed by atoms with Crippen molar-refractivity contribution in [2.24, 2.45) is 5.41 Å². The van der Waals surface area contributed by atoms with E-state index < -0.39 is 5.41 Å². The lowest BCUT2D eigenvalue weighted by molar-refractivity contribution is -0.143. The van der Waals surface area contributed by atoms with E-state index in [1.165, 1.54) is 6.08 Å². The molecule has 2 aromatic carbocycles. The van der Waals surface area contributed by atoms with Crippen LogP contribution in [0.2, 0.25) is 0 Å². The van der Waals surface area contributed by atoms with Crippen LogP contribution in [-0.2, 0) is 22.6 Å². The standard InChI is InChI=1S/C35H43N7O4/c1-7-31(43)42-17-16-41(22-25(42)12-14-36)32-28-13-15-40(23-29(28)37-34(38-32)45-19-18-39(5)6)30-21-26(46-33(44)35(2,3)4)20-24-10-8-9-11-27(24)30/h7-11,20-21,25H,1,12-13,15-19,22-23H2,2-6H3/t25-/m0/s1. The minimum absolute atomic E-state index is 0.171. The highest BCUT2D eigenvalue weighted by Crippen LogP contribution is 2.37. The molecule has 0 N–H and O–H groups in total. The van der Waals surface area contributed by atoms with Crippen LogP contribution >= 0.6 is 0 Å².